The highest BCUT2D eigenvalue weighted by molar-refractivity contribution is 8.00. The second-order valence-corrected chi connectivity index (χ2v) is 6.85. The Morgan fingerprint density at radius 3 is 2.38 bits per heavy atom. The maximum Gasteiger partial charge on any atom is 0.237 e. The van der Waals surface area contributed by atoms with Crippen LogP contribution in [0.15, 0.2) is 53.7 Å². The number of aryl methyl sites for hydroxylation is 1. The summed E-state index contributed by atoms with van der Waals surface area (Å²) in [5.41, 5.74) is 0.413. The lowest BCUT2D eigenvalue weighted by Crippen LogP contribution is -2.24. The molecule has 2 aromatic carbocycles. The van der Waals surface area contributed by atoms with Crippen LogP contribution in [0.25, 0.3) is 5.69 Å². The standard InChI is InChI=1S/C18H16F2N4OS/c1-11(17(25)21-16-14(19)9-6-10-15(16)20)26-18-23-22-12(2)24(18)13-7-4-3-5-8-13/h3-11H,1-2H3,(H,21,25)/t11-/m0/s1. The van der Waals surface area contributed by atoms with Gasteiger partial charge in [-0.15, -0.1) is 10.2 Å². The molecule has 0 bridgehead atoms. The van der Waals surface area contributed by atoms with E-state index in [1.807, 2.05) is 41.8 Å². The molecule has 1 heterocycles. The van der Waals surface area contributed by atoms with Gasteiger partial charge in [-0.25, -0.2) is 8.78 Å². The first-order chi connectivity index (χ1) is 12.5. The van der Waals surface area contributed by atoms with Gasteiger partial charge in [-0.3, -0.25) is 9.36 Å². The van der Waals surface area contributed by atoms with Gasteiger partial charge < -0.3 is 5.32 Å². The molecule has 1 N–H and O–H groups in total. The molecule has 1 atom stereocenters. The molecular weight excluding hydrogens is 358 g/mol. The molecule has 134 valence electrons. The third-order valence-electron chi connectivity index (χ3n) is 3.67. The summed E-state index contributed by atoms with van der Waals surface area (Å²) < 4.78 is 29.2. The minimum absolute atomic E-state index is 0.453. The van der Waals surface area contributed by atoms with Crippen molar-refractivity contribution in [3.8, 4) is 5.69 Å². The van der Waals surface area contributed by atoms with Crippen LogP contribution in [0.5, 0.6) is 0 Å². The van der Waals surface area contributed by atoms with E-state index in [-0.39, 0.29) is 0 Å². The Balaban J connectivity index is 1.79. The largest absolute Gasteiger partial charge is 0.320 e. The van der Waals surface area contributed by atoms with E-state index in [1.165, 1.54) is 6.07 Å². The van der Waals surface area contributed by atoms with Gasteiger partial charge in [-0.05, 0) is 38.1 Å². The predicted octanol–water partition coefficient (Wildman–Crippen LogP) is 3.97. The number of halogens is 2. The number of thioether (sulfide) groups is 1. The third kappa shape index (κ3) is 3.75. The SMILES string of the molecule is Cc1nnc(S[C@@H](C)C(=O)Nc2c(F)cccc2F)n1-c1ccccc1. The normalized spacial score (nSPS) is 12.0. The van der Waals surface area contributed by atoms with Gasteiger partial charge in [0.1, 0.15) is 23.1 Å². The molecule has 0 aliphatic heterocycles. The van der Waals surface area contributed by atoms with Gasteiger partial charge in [0.15, 0.2) is 5.16 Å². The summed E-state index contributed by atoms with van der Waals surface area (Å²) in [7, 11) is 0. The molecule has 0 saturated heterocycles. The quantitative estimate of drug-likeness (QED) is 0.687. The summed E-state index contributed by atoms with van der Waals surface area (Å²) in [6, 6.07) is 12.9. The van der Waals surface area contributed by atoms with Gasteiger partial charge in [0.05, 0.1) is 5.25 Å². The Morgan fingerprint density at radius 2 is 1.73 bits per heavy atom. The summed E-state index contributed by atoms with van der Waals surface area (Å²) in [5.74, 6) is -1.50. The van der Waals surface area contributed by atoms with Gasteiger partial charge in [0.2, 0.25) is 5.91 Å². The second kappa shape index (κ2) is 7.65. The number of aromatic nitrogens is 3. The zero-order valence-corrected chi connectivity index (χ0v) is 14.9. The lowest BCUT2D eigenvalue weighted by atomic mass is 10.3. The highest BCUT2D eigenvalue weighted by atomic mass is 32.2. The molecule has 0 aliphatic rings. The van der Waals surface area contributed by atoms with Crippen LogP contribution < -0.4 is 5.32 Å². The number of anilines is 1. The van der Waals surface area contributed by atoms with Crippen molar-refractivity contribution < 1.29 is 13.6 Å². The van der Waals surface area contributed by atoms with E-state index < -0.39 is 28.5 Å². The van der Waals surface area contributed by atoms with E-state index in [2.05, 4.69) is 15.5 Å². The predicted molar refractivity (Wildman–Crippen MR) is 96.4 cm³/mol. The topological polar surface area (TPSA) is 59.8 Å². The van der Waals surface area contributed by atoms with Crippen LogP contribution in [0, 0.1) is 18.6 Å². The van der Waals surface area contributed by atoms with Crippen molar-refractivity contribution in [1.29, 1.82) is 0 Å². The van der Waals surface area contributed by atoms with Crippen LogP contribution in [0.1, 0.15) is 12.7 Å². The maximum absolute atomic E-state index is 13.7. The number of carbonyl (C=O) groups excluding carboxylic acids is 1. The zero-order valence-electron chi connectivity index (χ0n) is 14.1. The highest BCUT2D eigenvalue weighted by Crippen LogP contribution is 2.27. The monoisotopic (exact) mass is 374 g/mol. The Kier molecular flexibility index (Phi) is 5.32. The van der Waals surface area contributed by atoms with Crippen molar-refractivity contribution in [2.75, 3.05) is 5.32 Å². The van der Waals surface area contributed by atoms with Crippen molar-refractivity contribution >= 4 is 23.4 Å². The first-order valence-corrected chi connectivity index (χ1v) is 8.74. The zero-order chi connectivity index (χ0) is 18.7. The summed E-state index contributed by atoms with van der Waals surface area (Å²) in [4.78, 5) is 12.4. The smallest absolute Gasteiger partial charge is 0.237 e. The number of rotatable bonds is 5. The van der Waals surface area contributed by atoms with Gasteiger partial charge in [0.25, 0.3) is 0 Å². The van der Waals surface area contributed by atoms with Gasteiger partial charge in [-0.1, -0.05) is 36.0 Å². The summed E-state index contributed by atoms with van der Waals surface area (Å²) >= 11 is 1.16. The second-order valence-electron chi connectivity index (χ2n) is 5.55. The number of nitrogens with zero attached hydrogens (tertiary/aromatic N) is 3. The minimum atomic E-state index is -0.821. The van der Waals surface area contributed by atoms with Gasteiger partial charge >= 0.3 is 0 Å². The molecule has 1 aromatic heterocycles. The Morgan fingerprint density at radius 1 is 1.08 bits per heavy atom. The molecule has 5 nitrogen and oxygen atoms in total. The van der Waals surface area contributed by atoms with Crippen molar-refractivity contribution in [3.63, 3.8) is 0 Å². The van der Waals surface area contributed by atoms with E-state index in [4.69, 9.17) is 0 Å². The molecular formula is C18H16F2N4OS. The number of para-hydroxylation sites is 2. The summed E-state index contributed by atoms with van der Waals surface area (Å²) in [5, 5.41) is 10.3. The van der Waals surface area contributed by atoms with Crippen molar-refractivity contribution in [3.05, 3.63) is 66.0 Å². The molecule has 0 spiro atoms. The van der Waals surface area contributed by atoms with E-state index >= 15 is 0 Å². The van der Waals surface area contributed by atoms with Crippen LogP contribution >= 0.6 is 11.8 Å². The minimum Gasteiger partial charge on any atom is -0.320 e. The summed E-state index contributed by atoms with van der Waals surface area (Å²) in [6.45, 7) is 3.45. The fraction of sp³-hybridized carbons (Fsp3) is 0.167. The average Bonchev–Trinajstić information content (AvgIpc) is 2.99. The van der Waals surface area contributed by atoms with Crippen LogP contribution in [0.3, 0.4) is 0 Å². The number of hydrogen-bond acceptors (Lipinski definition) is 4. The number of amides is 1. The Hall–Kier alpha value is -2.74. The number of carbonyl (C=O) groups is 1. The van der Waals surface area contributed by atoms with Crippen LogP contribution in [-0.4, -0.2) is 25.9 Å². The number of hydrogen-bond donors (Lipinski definition) is 1. The van der Waals surface area contributed by atoms with E-state index in [9.17, 15) is 13.6 Å². The van der Waals surface area contributed by atoms with Crippen LogP contribution in [0.4, 0.5) is 14.5 Å². The molecule has 0 unspecified atom stereocenters. The number of benzene rings is 2. The van der Waals surface area contributed by atoms with E-state index in [0.717, 1.165) is 29.6 Å². The Labute approximate surface area is 153 Å². The molecule has 0 radical (unpaired) electrons. The summed E-state index contributed by atoms with van der Waals surface area (Å²) in [6.07, 6.45) is 0. The lowest BCUT2D eigenvalue weighted by Gasteiger charge is -2.14. The highest BCUT2D eigenvalue weighted by Gasteiger charge is 2.22. The molecule has 8 heteroatoms. The molecule has 26 heavy (non-hydrogen) atoms. The molecule has 1 amide bonds. The van der Waals surface area contributed by atoms with E-state index in [0.29, 0.717) is 11.0 Å². The van der Waals surface area contributed by atoms with Crippen molar-refractivity contribution in [2.24, 2.45) is 0 Å². The fourth-order valence-electron chi connectivity index (χ4n) is 2.35. The first-order valence-electron chi connectivity index (χ1n) is 7.86. The van der Waals surface area contributed by atoms with Gasteiger partial charge in [-0.2, -0.15) is 0 Å². The first kappa shape index (κ1) is 18.1. The van der Waals surface area contributed by atoms with Crippen LogP contribution in [0.2, 0.25) is 0 Å². The van der Waals surface area contributed by atoms with E-state index in [1.54, 1.807) is 6.92 Å². The molecule has 0 aliphatic carbocycles. The van der Waals surface area contributed by atoms with Crippen molar-refractivity contribution in [2.45, 2.75) is 24.3 Å². The Bertz CT molecular complexity index is 910. The molecule has 0 saturated carbocycles. The third-order valence-corrected chi connectivity index (χ3v) is 4.71. The average molecular weight is 374 g/mol. The molecule has 3 rings (SSSR count). The molecule has 0 fully saturated rings. The van der Waals surface area contributed by atoms with Crippen molar-refractivity contribution in [1.82, 2.24) is 14.8 Å². The number of nitrogens with one attached hydrogen (secondary N) is 1. The fourth-order valence-corrected chi connectivity index (χ4v) is 3.26. The molecule has 3 aromatic rings. The van der Waals surface area contributed by atoms with Gasteiger partial charge in [0, 0.05) is 5.69 Å². The lowest BCUT2D eigenvalue weighted by molar-refractivity contribution is -0.115. The van der Waals surface area contributed by atoms with Crippen LogP contribution in [-0.2, 0) is 4.79 Å². The maximum atomic E-state index is 13.7.